The van der Waals surface area contributed by atoms with Gasteiger partial charge >= 0.3 is 11.9 Å². The Kier molecular flexibility index (Phi) is 6.62. The summed E-state index contributed by atoms with van der Waals surface area (Å²) in [5.74, 6) is -2.95. The average Bonchev–Trinajstić information content (AvgIpc) is 2.95. The Hall–Kier alpha value is -2.67. The van der Waals surface area contributed by atoms with Crippen molar-refractivity contribution in [2.24, 2.45) is 0 Å². The van der Waals surface area contributed by atoms with Gasteiger partial charge in [-0.2, -0.15) is 0 Å². The van der Waals surface area contributed by atoms with Gasteiger partial charge in [0, 0.05) is 6.54 Å². The van der Waals surface area contributed by atoms with Crippen LogP contribution in [0.3, 0.4) is 0 Å². The van der Waals surface area contributed by atoms with E-state index < -0.39 is 11.9 Å². The molecule has 0 aliphatic rings. The highest BCUT2D eigenvalue weighted by Crippen LogP contribution is 2.03. The first-order valence-electron chi connectivity index (χ1n) is 5.93. The van der Waals surface area contributed by atoms with Gasteiger partial charge in [0.2, 0.25) is 0 Å². The van der Waals surface area contributed by atoms with Gasteiger partial charge in [-0.05, 0) is 29.8 Å². The topological polar surface area (TPSA) is 99.8 Å². The van der Waals surface area contributed by atoms with E-state index in [2.05, 4.69) is 5.32 Å². The van der Waals surface area contributed by atoms with Crippen molar-refractivity contribution in [2.45, 2.75) is 13.1 Å². The van der Waals surface area contributed by atoms with Gasteiger partial charge in [-0.3, -0.25) is 0 Å². The molecule has 0 radical (unpaired) electrons. The van der Waals surface area contributed by atoms with Crippen LogP contribution in [0.5, 0.6) is 0 Å². The van der Waals surface area contributed by atoms with E-state index in [9.17, 15) is 4.39 Å². The van der Waals surface area contributed by atoms with Crippen molar-refractivity contribution in [2.75, 3.05) is 0 Å². The molecule has 1 aromatic carbocycles. The van der Waals surface area contributed by atoms with Crippen LogP contribution in [-0.2, 0) is 22.7 Å². The van der Waals surface area contributed by atoms with E-state index in [4.69, 9.17) is 24.2 Å². The molecule has 7 heteroatoms. The van der Waals surface area contributed by atoms with Gasteiger partial charge in [0.25, 0.3) is 0 Å². The van der Waals surface area contributed by atoms with Gasteiger partial charge in [0.05, 0.1) is 12.8 Å². The highest BCUT2D eigenvalue weighted by atomic mass is 19.1. The van der Waals surface area contributed by atoms with Gasteiger partial charge in [-0.15, -0.1) is 0 Å². The molecule has 0 aliphatic carbocycles. The second-order valence-electron chi connectivity index (χ2n) is 3.92. The highest BCUT2D eigenvalue weighted by molar-refractivity contribution is 6.27. The zero-order chi connectivity index (χ0) is 15.7. The number of carboxylic acids is 2. The Morgan fingerprint density at radius 1 is 1.05 bits per heavy atom. The van der Waals surface area contributed by atoms with Gasteiger partial charge in [-0.1, -0.05) is 12.1 Å². The first-order chi connectivity index (χ1) is 9.99. The van der Waals surface area contributed by atoms with Crippen LogP contribution < -0.4 is 5.32 Å². The minimum atomic E-state index is -1.82. The molecule has 1 aromatic heterocycles. The van der Waals surface area contributed by atoms with Crippen molar-refractivity contribution >= 4 is 11.9 Å². The van der Waals surface area contributed by atoms with Crippen LogP contribution in [0.15, 0.2) is 47.1 Å². The molecular weight excluding hydrogens is 281 g/mol. The summed E-state index contributed by atoms with van der Waals surface area (Å²) in [6, 6.07) is 10.2. The lowest BCUT2D eigenvalue weighted by Gasteiger charge is -2.02. The first kappa shape index (κ1) is 16.4. The number of hydrogen-bond acceptors (Lipinski definition) is 4. The van der Waals surface area contributed by atoms with Crippen molar-refractivity contribution in [1.29, 1.82) is 0 Å². The van der Waals surface area contributed by atoms with Crippen LogP contribution in [0.2, 0.25) is 0 Å². The van der Waals surface area contributed by atoms with E-state index in [-0.39, 0.29) is 5.82 Å². The molecule has 2 aromatic rings. The maximum atomic E-state index is 12.6. The smallest absolute Gasteiger partial charge is 0.414 e. The second-order valence-corrected chi connectivity index (χ2v) is 3.92. The lowest BCUT2D eigenvalue weighted by Crippen LogP contribution is -2.11. The van der Waals surface area contributed by atoms with Gasteiger partial charge in [0.1, 0.15) is 11.6 Å². The Bertz CT molecular complexity index is 554. The van der Waals surface area contributed by atoms with Gasteiger partial charge in [-0.25, -0.2) is 14.0 Å². The zero-order valence-corrected chi connectivity index (χ0v) is 11.0. The van der Waals surface area contributed by atoms with Crippen LogP contribution in [0, 0.1) is 5.82 Å². The third-order valence-corrected chi connectivity index (χ3v) is 2.30. The molecule has 0 saturated heterocycles. The number of furan rings is 1. The summed E-state index contributed by atoms with van der Waals surface area (Å²) in [6.07, 6.45) is 1.65. The lowest BCUT2D eigenvalue weighted by atomic mass is 10.2. The molecular formula is C14H14FNO5. The van der Waals surface area contributed by atoms with Crippen LogP contribution in [0.25, 0.3) is 0 Å². The number of carboxylic acid groups (broad SMARTS) is 2. The van der Waals surface area contributed by atoms with E-state index in [1.807, 2.05) is 12.1 Å². The number of aliphatic carboxylic acids is 2. The number of hydrogen-bond donors (Lipinski definition) is 3. The number of nitrogens with one attached hydrogen (secondary N) is 1. The van der Waals surface area contributed by atoms with Crippen LogP contribution >= 0.6 is 0 Å². The Labute approximate surface area is 119 Å². The molecule has 0 bridgehead atoms. The summed E-state index contributed by atoms with van der Waals surface area (Å²) in [6.45, 7) is 1.39. The standard InChI is InChI=1S/C12H12FNO.C2H2O4/c13-11-5-3-10(4-6-11)8-14-9-12-2-1-7-15-12;3-1(4)2(5)6/h1-7,14H,8-9H2;(H,3,4)(H,5,6). The molecule has 6 nitrogen and oxygen atoms in total. The molecule has 1 heterocycles. The van der Waals surface area contributed by atoms with Crippen LogP contribution in [0.1, 0.15) is 11.3 Å². The molecule has 0 atom stereocenters. The summed E-state index contributed by atoms with van der Waals surface area (Å²) in [4.78, 5) is 18.2. The molecule has 0 amide bonds. The normalized spacial score (nSPS) is 9.57. The molecule has 0 unspecified atom stereocenters. The monoisotopic (exact) mass is 295 g/mol. The molecule has 0 aliphatic heterocycles. The van der Waals surface area contributed by atoms with Gasteiger partial charge < -0.3 is 19.9 Å². The maximum Gasteiger partial charge on any atom is 0.414 e. The van der Waals surface area contributed by atoms with E-state index in [0.29, 0.717) is 13.1 Å². The zero-order valence-electron chi connectivity index (χ0n) is 11.0. The first-order valence-corrected chi connectivity index (χ1v) is 5.93. The minimum Gasteiger partial charge on any atom is -0.473 e. The largest absolute Gasteiger partial charge is 0.473 e. The van der Waals surface area contributed by atoms with Crippen molar-refractivity contribution in [3.8, 4) is 0 Å². The van der Waals surface area contributed by atoms with Crippen LogP contribution in [0.4, 0.5) is 4.39 Å². The maximum absolute atomic E-state index is 12.6. The Balaban J connectivity index is 0.000000315. The molecule has 0 spiro atoms. The third-order valence-electron chi connectivity index (χ3n) is 2.30. The number of rotatable bonds is 4. The number of halogens is 1. The van der Waals surface area contributed by atoms with Crippen molar-refractivity contribution < 1.29 is 28.6 Å². The molecule has 112 valence electrons. The van der Waals surface area contributed by atoms with E-state index in [1.165, 1.54) is 12.1 Å². The Morgan fingerprint density at radius 2 is 1.67 bits per heavy atom. The van der Waals surface area contributed by atoms with Crippen molar-refractivity contribution in [3.05, 3.63) is 59.8 Å². The predicted octanol–water partition coefficient (Wildman–Crippen LogP) is 1.86. The lowest BCUT2D eigenvalue weighted by molar-refractivity contribution is -0.159. The van der Waals surface area contributed by atoms with Gasteiger partial charge in [0.15, 0.2) is 0 Å². The average molecular weight is 295 g/mol. The quantitative estimate of drug-likeness (QED) is 0.744. The fraction of sp³-hybridized carbons (Fsp3) is 0.143. The van der Waals surface area contributed by atoms with E-state index in [1.54, 1.807) is 18.4 Å². The summed E-state index contributed by atoms with van der Waals surface area (Å²) in [5, 5.41) is 18.0. The number of carbonyl (C=O) groups is 2. The molecule has 3 N–H and O–H groups in total. The van der Waals surface area contributed by atoms with Crippen LogP contribution in [-0.4, -0.2) is 22.2 Å². The van der Waals surface area contributed by atoms with E-state index in [0.717, 1.165) is 11.3 Å². The fourth-order valence-corrected chi connectivity index (χ4v) is 1.35. The fourth-order valence-electron chi connectivity index (χ4n) is 1.35. The second kappa shape index (κ2) is 8.49. The third kappa shape index (κ3) is 6.88. The Morgan fingerprint density at radius 3 is 2.14 bits per heavy atom. The van der Waals surface area contributed by atoms with Crippen molar-refractivity contribution in [1.82, 2.24) is 5.32 Å². The molecule has 0 saturated carbocycles. The SMILES string of the molecule is Fc1ccc(CNCc2ccco2)cc1.O=C(O)C(=O)O. The summed E-state index contributed by atoms with van der Waals surface area (Å²) in [5.41, 5.74) is 1.06. The van der Waals surface area contributed by atoms with E-state index >= 15 is 0 Å². The highest BCUT2D eigenvalue weighted by Gasteiger charge is 2.04. The summed E-state index contributed by atoms with van der Waals surface area (Å²) >= 11 is 0. The predicted molar refractivity (Wildman–Crippen MR) is 70.9 cm³/mol. The number of benzene rings is 1. The van der Waals surface area contributed by atoms with Crippen molar-refractivity contribution in [3.63, 3.8) is 0 Å². The summed E-state index contributed by atoms with van der Waals surface area (Å²) in [7, 11) is 0. The molecule has 2 rings (SSSR count). The summed E-state index contributed by atoms with van der Waals surface area (Å²) < 4.78 is 17.8. The molecule has 0 fully saturated rings. The molecule has 21 heavy (non-hydrogen) atoms. The minimum absolute atomic E-state index is 0.204.